The first-order valence-electron chi connectivity index (χ1n) is 6.50. The molecule has 0 bridgehead atoms. The molecule has 0 saturated carbocycles. The van der Waals surface area contributed by atoms with E-state index in [1.165, 1.54) is 6.33 Å². The van der Waals surface area contributed by atoms with E-state index in [0.29, 0.717) is 49.9 Å². The van der Waals surface area contributed by atoms with Crippen LogP contribution in [0.25, 0.3) is 0 Å². The maximum absolute atomic E-state index is 12.6. The Labute approximate surface area is 110 Å². The summed E-state index contributed by atoms with van der Waals surface area (Å²) >= 11 is 0. The van der Waals surface area contributed by atoms with Gasteiger partial charge in [-0.25, -0.2) is 18.7 Å². The van der Waals surface area contributed by atoms with E-state index >= 15 is 0 Å². The third-order valence-electron chi connectivity index (χ3n) is 3.62. The number of ether oxygens (including phenoxy) is 1. The Morgan fingerprint density at radius 2 is 2.11 bits per heavy atom. The summed E-state index contributed by atoms with van der Waals surface area (Å²) in [6.45, 7) is 2.46. The zero-order valence-corrected chi connectivity index (χ0v) is 10.5. The van der Waals surface area contributed by atoms with Crippen LogP contribution >= 0.6 is 0 Å². The van der Waals surface area contributed by atoms with Crippen molar-refractivity contribution in [3.63, 3.8) is 0 Å². The number of fused-ring (bicyclic) bond motifs is 1. The fraction of sp³-hybridized carbons (Fsp3) is 0.667. The molecule has 5 nitrogen and oxygen atoms in total. The molecule has 3 heterocycles. The fourth-order valence-corrected chi connectivity index (χ4v) is 2.53. The number of aromatic nitrogens is 2. The van der Waals surface area contributed by atoms with E-state index in [-0.39, 0.29) is 0 Å². The van der Waals surface area contributed by atoms with Gasteiger partial charge in [0.2, 0.25) is 12.2 Å². The van der Waals surface area contributed by atoms with Crippen LogP contribution in [0.2, 0.25) is 0 Å². The molecule has 0 amide bonds. The Balaban J connectivity index is 1.77. The van der Waals surface area contributed by atoms with Crippen molar-refractivity contribution >= 4 is 11.6 Å². The molecule has 3 rings (SSSR count). The van der Waals surface area contributed by atoms with Crippen molar-refractivity contribution in [2.24, 2.45) is 5.92 Å². The second kappa shape index (κ2) is 5.14. The Morgan fingerprint density at radius 3 is 2.84 bits per heavy atom. The summed E-state index contributed by atoms with van der Waals surface area (Å²) in [4.78, 5) is 10.4. The lowest BCUT2D eigenvalue weighted by Crippen LogP contribution is -2.37. The molecule has 1 saturated heterocycles. The normalized spacial score (nSPS) is 19.8. The molecular formula is C12H16F2N4O. The number of hydrogen-bond donors (Lipinski definition) is 1. The smallest absolute Gasteiger partial charge is 0.241 e. The molecule has 0 unspecified atom stereocenters. The number of halogens is 2. The maximum atomic E-state index is 12.6. The second-order valence-electron chi connectivity index (χ2n) is 4.81. The molecule has 7 heteroatoms. The Hall–Kier alpha value is -1.66. The third-order valence-corrected chi connectivity index (χ3v) is 3.62. The number of piperidine rings is 1. The monoisotopic (exact) mass is 270 g/mol. The first-order chi connectivity index (χ1) is 9.25. The predicted molar refractivity (Wildman–Crippen MR) is 67.0 cm³/mol. The molecule has 0 aliphatic carbocycles. The highest BCUT2D eigenvalue weighted by atomic mass is 19.3. The average Bonchev–Trinajstić information content (AvgIpc) is 2.47. The average molecular weight is 270 g/mol. The minimum absolute atomic E-state index is 0.490. The first kappa shape index (κ1) is 12.4. The van der Waals surface area contributed by atoms with E-state index in [0.717, 1.165) is 6.54 Å². The third kappa shape index (κ3) is 2.41. The van der Waals surface area contributed by atoms with Crippen LogP contribution in [0.3, 0.4) is 0 Å². The van der Waals surface area contributed by atoms with Gasteiger partial charge in [-0.05, 0) is 12.8 Å². The lowest BCUT2D eigenvalue weighted by Gasteiger charge is -2.34. The summed E-state index contributed by atoms with van der Waals surface area (Å²) in [5.74, 6) is 1.55. The maximum Gasteiger partial charge on any atom is 0.241 e. The summed E-state index contributed by atoms with van der Waals surface area (Å²) in [6, 6.07) is 0. The van der Waals surface area contributed by atoms with Crippen molar-refractivity contribution < 1.29 is 13.5 Å². The van der Waals surface area contributed by atoms with Crippen molar-refractivity contribution in [3.8, 4) is 5.75 Å². The molecule has 19 heavy (non-hydrogen) atoms. The Bertz CT molecular complexity index is 449. The van der Waals surface area contributed by atoms with Gasteiger partial charge in [0.1, 0.15) is 12.9 Å². The van der Waals surface area contributed by atoms with E-state index in [1.54, 1.807) is 0 Å². The number of nitrogens with zero attached hydrogens (tertiary/aromatic N) is 3. The molecule has 0 aromatic carbocycles. The number of nitrogens with one attached hydrogen (secondary N) is 1. The minimum Gasteiger partial charge on any atom is -0.485 e. The molecule has 0 radical (unpaired) electrons. The van der Waals surface area contributed by atoms with E-state index in [4.69, 9.17) is 4.74 Å². The summed E-state index contributed by atoms with van der Waals surface area (Å²) in [5, 5.41) is 3.15. The van der Waals surface area contributed by atoms with Crippen LogP contribution in [0.4, 0.5) is 20.4 Å². The van der Waals surface area contributed by atoms with Gasteiger partial charge in [0.25, 0.3) is 0 Å². The summed E-state index contributed by atoms with van der Waals surface area (Å²) in [5.41, 5.74) is 0. The standard InChI is InChI=1S/C12H16F2N4O/c13-10(14)8-1-4-18(5-2-8)12-9-11(16-7-17-12)15-3-6-19-9/h7-8,10H,1-6H2,(H,15,16,17). The number of rotatable bonds is 2. The molecule has 1 N–H and O–H groups in total. The molecule has 104 valence electrons. The van der Waals surface area contributed by atoms with E-state index in [2.05, 4.69) is 15.3 Å². The molecular weight excluding hydrogens is 254 g/mol. The van der Waals surface area contributed by atoms with Gasteiger partial charge < -0.3 is 15.0 Å². The molecule has 2 aliphatic rings. The van der Waals surface area contributed by atoms with E-state index in [1.807, 2.05) is 4.90 Å². The van der Waals surface area contributed by atoms with Crippen LogP contribution in [-0.2, 0) is 0 Å². The van der Waals surface area contributed by atoms with Gasteiger partial charge in [0, 0.05) is 19.0 Å². The van der Waals surface area contributed by atoms with Crippen molar-refractivity contribution in [3.05, 3.63) is 6.33 Å². The van der Waals surface area contributed by atoms with Crippen LogP contribution in [-0.4, -0.2) is 42.6 Å². The van der Waals surface area contributed by atoms with Crippen LogP contribution in [0.1, 0.15) is 12.8 Å². The van der Waals surface area contributed by atoms with Crippen molar-refractivity contribution in [2.45, 2.75) is 19.3 Å². The molecule has 1 fully saturated rings. The van der Waals surface area contributed by atoms with Crippen molar-refractivity contribution in [1.29, 1.82) is 0 Å². The van der Waals surface area contributed by atoms with Gasteiger partial charge in [-0.2, -0.15) is 0 Å². The SMILES string of the molecule is FC(F)C1CCN(c2ncnc3c2OCCN3)CC1. The van der Waals surface area contributed by atoms with Gasteiger partial charge in [0.15, 0.2) is 11.6 Å². The minimum atomic E-state index is -2.22. The largest absolute Gasteiger partial charge is 0.485 e. The van der Waals surface area contributed by atoms with Crippen LogP contribution in [0, 0.1) is 5.92 Å². The summed E-state index contributed by atoms with van der Waals surface area (Å²) < 4.78 is 30.9. The zero-order chi connectivity index (χ0) is 13.2. The highest BCUT2D eigenvalue weighted by molar-refractivity contribution is 5.65. The van der Waals surface area contributed by atoms with Crippen molar-refractivity contribution in [1.82, 2.24) is 9.97 Å². The number of anilines is 2. The quantitative estimate of drug-likeness (QED) is 0.887. The second-order valence-corrected chi connectivity index (χ2v) is 4.81. The highest BCUT2D eigenvalue weighted by Gasteiger charge is 2.29. The van der Waals surface area contributed by atoms with Crippen LogP contribution in [0.15, 0.2) is 6.33 Å². The number of hydrogen-bond acceptors (Lipinski definition) is 5. The summed E-state index contributed by atoms with van der Waals surface area (Å²) in [6.07, 6.45) is 0.238. The topological polar surface area (TPSA) is 50.3 Å². The molecule has 2 aliphatic heterocycles. The lowest BCUT2D eigenvalue weighted by atomic mass is 9.97. The van der Waals surface area contributed by atoms with Crippen LogP contribution in [0.5, 0.6) is 5.75 Å². The Kier molecular flexibility index (Phi) is 3.35. The lowest BCUT2D eigenvalue weighted by molar-refractivity contribution is 0.0635. The van der Waals surface area contributed by atoms with Gasteiger partial charge >= 0.3 is 0 Å². The van der Waals surface area contributed by atoms with Gasteiger partial charge in [0.05, 0.1) is 6.54 Å². The summed E-state index contributed by atoms with van der Waals surface area (Å²) in [7, 11) is 0. The number of alkyl halides is 2. The van der Waals surface area contributed by atoms with Crippen LogP contribution < -0.4 is 15.0 Å². The first-order valence-corrected chi connectivity index (χ1v) is 6.50. The van der Waals surface area contributed by atoms with E-state index in [9.17, 15) is 8.78 Å². The van der Waals surface area contributed by atoms with Gasteiger partial charge in [-0.3, -0.25) is 0 Å². The zero-order valence-electron chi connectivity index (χ0n) is 10.5. The molecule has 1 aromatic rings. The molecule has 1 aromatic heterocycles. The fourth-order valence-electron chi connectivity index (χ4n) is 2.53. The van der Waals surface area contributed by atoms with Gasteiger partial charge in [-0.15, -0.1) is 0 Å². The molecule has 0 atom stereocenters. The van der Waals surface area contributed by atoms with Crippen molar-refractivity contribution in [2.75, 3.05) is 36.5 Å². The highest BCUT2D eigenvalue weighted by Crippen LogP contribution is 2.36. The van der Waals surface area contributed by atoms with E-state index < -0.39 is 12.3 Å². The van der Waals surface area contributed by atoms with Gasteiger partial charge in [-0.1, -0.05) is 0 Å². The predicted octanol–water partition coefficient (Wildman–Crippen LogP) is 1.76. The molecule has 0 spiro atoms. The Morgan fingerprint density at radius 1 is 1.32 bits per heavy atom.